The Morgan fingerprint density at radius 2 is 2.11 bits per heavy atom. The first kappa shape index (κ1) is 15.3. The third-order valence-corrected chi connectivity index (χ3v) is 2.68. The zero-order valence-corrected chi connectivity index (χ0v) is 11.0. The van der Waals surface area contributed by atoms with Crippen molar-refractivity contribution in [3.63, 3.8) is 0 Å². The number of aliphatic hydroxyl groups is 1. The SMILES string of the molecule is COc1ccc(OC)c(C(NCCCO)C(=O)O)c1. The number of carboxylic acid groups (broad SMARTS) is 1. The minimum atomic E-state index is -1.01. The summed E-state index contributed by atoms with van der Waals surface area (Å²) in [6, 6.07) is 4.09. The van der Waals surface area contributed by atoms with Gasteiger partial charge in [-0.05, 0) is 31.2 Å². The maximum atomic E-state index is 11.3. The van der Waals surface area contributed by atoms with Gasteiger partial charge in [-0.25, -0.2) is 0 Å². The number of carbonyl (C=O) groups is 1. The van der Waals surface area contributed by atoms with Crippen molar-refractivity contribution < 1.29 is 24.5 Å². The second-order valence-electron chi connectivity index (χ2n) is 3.91. The summed E-state index contributed by atoms with van der Waals surface area (Å²) in [6.45, 7) is 0.405. The molecule has 0 radical (unpaired) electrons. The minimum Gasteiger partial charge on any atom is -0.497 e. The fourth-order valence-electron chi connectivity index (χ4n) is 1.72. The van der Waals surface area contributed by atoms with Crippen LogP contribution in [0.25, 0.3) is 0 Å². The third kappa shape index (κ3) is 4.11. The molecule has 1 rings (SSSR count). The van der Waals surface area contributed by atoms with Crippen molar-refractivity contribution in [3.8, 4) is 11.5 Å². The number of ether oxygens (including phenoxy) is 2. The summed E-state index contributed by atoms with van der Waals surface area (Å²) in [5.41, 5.74) is 0.493. The maximum Gasteiger partial charge on any atom is 0.325 e. The summed E-state index contributed by atoms with van der Waals surface area (Å²) in [4.78, 5) is 11.3. The lowest BCUT2D eigenvalue weighted by molar-refractivity contribution is -0.139. The van der Waals surface area contributed by atoms with Crippen LogP contribution in [0.5, 0.6) is 11.5 Å². The molecule has 0 aromatic heterocycles. The molecule has 0 aliphatic rings. The summed E-state index contributed by atoms with van der Waals surface area (Å²) >= 11 is 0. The van der Waals surface area contributed by atoms with Gasteiger partial charge in [0.1, 0.15) is 17.5 Å². The third-order valence-electron chi connectivity index (χ3n) is 2.68. The predicted molar refractivity (Wildman–Crippen MR) is 69.6 cm³/mol. The molecule has 3 N–H and O–H groups in total. The Kier molecular flexibility index (Phi) is 6.11. The molecule has 0 fully saturated rings. The highest BCUT2D eigenvalue weighted by atomic mass is 16.5. The van der Waals surface area contributed by atoms with Crippen LogP contribution >= 0.6 is 0 Å². The summed E-state index contributed by atoms with van der Waals surface area (Å²) in [7, 11) is 3.00. The number of rotatable bonds is 8. The first-order valence-electron chi connectivity index (χ1n) is 5.93. The highest BCUT2D eigenvalue weighted by Gasteiger charge is 2.23. The fraction of sp³-hybridized carbons (Fsp3) is 0.462. The molecule has 1 atom stereocenters. The van der Waals surface area contributed by atoms with Gasteiger partial charge in [0.05, 0.1) is 14.2 Å². The number of aliphatic carboxylic acids is 1. The number of hydrogen-bond donors (Lipinski definition) is 3. The lowest BCUT2D eigenvalue weighted by atomic mass is 10.0. The maximum absolute atomic E-state index is 11.3. The van der Waals surface area contributed by atoms with Crippen molar-refractivity contribution >= 4 is 5.97 Å². The van der Waals surface area contributed by atoms with E-state index in [-0.39, 0.29) is 6.61 Å². The molecule has 106 valence electrons. The summed E-state index contributed by atoms with van der Waals surface area (Å²) in [5, 5.41) is 20.9. The fourth-order valence-corrected chi connectivity index (χ4v) is 1.72. The molecule has 0 bridgehead atoms. The first-order valence-corrected chi connectivity index (χ1v) is 5.93. The minimum absolute atomic E-state index is 0.00852. The molecule has 1 unspecified atom stereocenters. The van der Waals surface area contributed by atoms with Crippen LogP contribution in [0.4, 0.5) is 0 Å². The second kappa shape index (κ2) is 7.60. The molecule has 6 heteroatoms. The molecule has 1 aromatic rings. The van der Waals surface area contributed by atoms with E-state index in [0.29, 0.717) is 30.0 Å². The molecule has 0 aliphatic carbocycles. The van der Waals surface area contributed by atoms with Gasteiger partial charge in [0.25, 0.3) is 0 Å². The van der Waals surface area contributed by atoms with E-state index in [1.54, 1.807) is 18.2 Å². The average molecular weight is 269 g/mol. The molecule has 0 saturated heterocycles. The monoisotopic (exact) mass is 269 g/mol. The van der Waals surface area contributed by atoms with E-state index in [9.17, 15) is 9.90 Å². The van der Waals surface area contributed by atoms with Gasteiger partial charge in [0.2, 0.25) is 0 Å². The zero-order valence-electron chi connectivity index (χ0n) is 11.0. The molecule has 6 nitrogen and oxygen atoms in total. The van der Waals surface area contributed by atoms with Crippen LogP contribution in [-0.2, 0) is 4.79 Å². The number of nitrogens with one attached hydrogen (secondary N) is 1. The van der Waals surface area contributed by atoms with Crippen LogP contribution < -0.4 is 14.8 Å². The number of hydrogen-bond acceptors (Lipinski definition) is 5. The van der Waals surface area contributed by atoms with Gasteiger partial charge in [0, 0.05) is 12.2 Å². The quantitative estimate of drug-likeness (QED) is 0.605. The Morgan fingerprint density at radius 3 is 2.63 bits per heavy atom. The van der Waals surface area contributed by atoms with E-state index in [4.69, 9.17) is 14.6 Å². The highest BCUT2D eigenvalue weighted by molar-refractivity contribution is 5.77. The number of benzene rings is 1. The van der Waals surface area contributed by atoms with Crippen LogP contribution in [-0.4, -0.2) is 43.6 Å². The molecule has 0 heterocycles. The van der Waals surface area contributed by atoms with E-state index < -0.39 is 12.0 Å². The van der Waals surface area contributed by atoms with Gasteiger partial charge >= 0.3 is 5.97 Å². The molecule has 0 aliphatic heterocycles. The average Bonchev–Trinajstić information content (AvgIpc) is 2.42. The van der Waals surface area contributed by atoms with E-state index in [1.165, 1.54) is 14.2 Å². The Bertz CT molecular complexity index is 421. The van der Waals surface area contributed by atoms with Crippen LogP contribution in [0.1, 0.15) is 18.0 Å². The predicted octanol–water partition coefficient (Wildman–Crippen LogP) is 0.801. The van der Waals surface area contributed by atoms with Crippen molar-refractivity contribution in [1.29, 1.82) is 0 Å². The summed E-state index contributed by atoms with van der Waals surface area (Å²) < 4.78 is 10.3. The smallest absolute Gasteiger partial charge is 0.325 e. The second-order valence-corrected chi connectivity index (χ2v) is 3.91. The molecular formula is C13H19NO5. The standard InChI is InChI=1S/C13H19NO5/c1-18-9-4-5-11(19-2)10(8-9)12(13(16)17)14-6-3-7-15/h4-5,8,12,14-15H,3,6-7H2,1-2H3,(H,16,17). The van der Waals surface area contributed by atoms with Crippen molar-refractivity contribution in [1.82, 2.24) is 5.32 Å². The topological polar surface area (TPSA) is 88.0 Å². The first-order chi connectivity index (χ1) is 9.13. The molecule has 1 aromatic carbocycles. The van der Waals surface area contributed by atoms with Gasteiger partial charge in [-0.15, -0.1) is 0 Å². The van der Waals surface area contributed by atoms with E-state index in [1.807, 2.05) is 0 Å². The number of methoxy groups -OCH3 is 2. The molecule has 0 amide bonds. The summed E-state index contributed by atoms with van der Waals surface area (Å²) in [5.74, 6) is 0.0280. The zero-order chi connectivity index (χ0) is 14.3. The Balaban J connectivity index is 3.02. The van der Waals surface area contributed by atoms with Gasteiger partial charge in [-0.3, -0.25) is 4.79 Å². The van der Waals surface area contributed by atoms with E-state index in [0.717, 1.165) is 0 Å². The van der Waals surface area contributed by atoms with Gasteiger partial charge in [-0.1, -0.05) is 0 Å². The van der Waals surface area contributed by atoms with Crippen molar-refractivity contribution in [2.75, 3.05) is 27.4 Å². The molecule has 19 heavy (non-hydrogen) atoms. The van der Waals surface area contributed by atoms with Crippen LogP contribution in [0.15, 0.2) is 18.2 Å². The molecule has 0 spiro atoms. The Morgan fingerprint density at radius 1 is 1.37 bits per heavy atom. The lowest BCUT2D eigenvalue weighted by Gasteiger charge is -2.18. The molecule has 0 saturated carbocycles. The highest BCUT2D eigenvalue weighted by Crippen LogP contribution is 2.29. The van der Waals surface area contributed by atoms with E-state index in [2.05, 4.69) is 5.32 Å². The van der Waals surface area contributed by atoms with Crippen molar-refractivity contribution in [3.05, 3.63) is 23.8 Å². The van der Waals surface area contributed by atoms with Crippen LogP contribution in [0.3, 0.4) is 0 Å². The van der Waals surface area contributed by atoms with Crippen molar-refractivity contribution in [2.24, 2.45) is 0 Å². The summed E-state index contributed by atoms with van der Waals surface area (Å²) in [6.07, 6.45) is 0.482. The number of aliphatic hydroxyl groups excluding tert-OH is 1. The Labute approximate surface area is 112 Å². The Hall–Kier alpha value is -1.79. The van der Waals surface area contributed by atoms with Gasteiger partial charge < -0.3 is 25.0 Å². The van der Waals surface area contributed by atoms with Gasteiger partial charge in [-0.2, -0.15) is 0 Å². The van der Waals surface area contributed by atoms with Crippen LogP contribution in [0.2, 0.25) is 0 Å². The molecular weight excluding hydrogens is 250 g/mol. The normalized spacial score (nSPS) is 11.9. The van der Waals surface area contributed by atoms with E-state index >= 15 is 0 Å². The largest absolute Gasteiger partial charge is 0.497 e. The van der Waals surface area contributed by atoms with Crippen molar-refractivity contribution in [2.45, 2.75) is 12.5 Å². The van der Waals surface area contributed by atoms with Gasteiger partial charge in [0.15, 0.2) is 0 Å². The van der Waals surface area contributed by atoms with Crippen LogP contribution in [0, 0.1) is 0 Å². The number of carboxylic acids is 1. The lowest BCUT2D eigenvalue weighted by Crippen LogP contribution is -2.30.